The molecule has 0 aliphatic heterocycles. The number of hydrogen-bond acceptors (Lipinski definition) is 7. The first-order valence-corrected chi connectivity index (χ1v) is 33.8. The number of carbonyl (C=O) groups is 6. The maximum Gasteiger partial charge on any atom is 0.345 e. The Kier molecular flexibility index (Phi) is 20.1. The van der Waals surface area contributed by atoms with Crippen molar-refractivity contribution in [3.63, 3.8) is 0 Å². The molecule has 0 heterocycles. The van der Waals surface area contributed by atoms with Crippen LogP contribution in [0.5, 0.6) is 0 Å². The van der Waals surface area contributed by atoms with Gasteiger partial charge in [-0.25, -0.2) is 28.8 Å². The first-order chi connectivity index (χ1) is 43.4. The van der Waals surface area contributed by atoms with Gasteiger partial charge >= 0.3 is 35.4 Å². The van der Waals surface area contributed by atoms with Crippen LogP contribution in [-0.4, -0.2) is 147 Å². The van der Waals surface area contributed by atoms with E-state index in [2.05, 4.69) is 54.6 Å². The van der Waals surface area contributed by atoms with Gasteiger partial charge < -0.3 is 0 Å². The van der Waals surface area contributed by atoms with Gasteiger partial charge in [-0.3, -0.25) is 26.9 Å². The third-order valence-corrected chi connectivity index (χ3v) is 21.9. The van der Waals surface area contributed by atoms with E-state index in [9.17, 15) is 28.8 Å². The fourth-order valence-electron chi connectivity index (χ4n) is 12.5. The molecule has 9 rings (SSSR count). The summed E-state index contributed by atoms with van der Waals surface area (Å²) in [4.78, 5) is 88.3. The Morgan fingerprint density at radius 1 is 0.239 bits per heavy atom. The Morgan fingerprint density at radius 3 is 0.500 bits per heavy atom. The lowest BCUT2D eigenvalue weighted by molar-refractivity contribution is -0.822. The van der Waals surface area contributed by atoms with Crippen molar-refractivity contribution < 1.29 is 55.7 Å². The minimum atomic E-state index is -3.54. The fraction of sp³-hybridized carbons (Fsp3) is 0.231. The molecule has 92 heavy (non-hydrogen) atoms. The van der Waals surface area contributed by atoms with Crippen molar-refractivity contribution in [2.45, 2.75) is 39.3 Å². The highest BCUT2D eigenvalue weighted by atomic mass is 32.4. The number of rotatable bonds is 21. The highest BCUT2D eigenvalue weighted by Gasteiger charge is 2.39. The summed E-state index contributed by atoms with van der Waals surface area (Å²) >= 11 is 7.75. The molecule has 0 unspecified atom stereocenters. The first kappa shape index (κ1) is 67.8. The van der Waals surface area contributed by atoms with Crippen molar-refractivity contribution in [2.75, 3.05) is 84.6 Å². The topological polar surface area (TPSA) is 102 Å². The van der Waals surface area contributed by atoms with Crippen molar-refractivity contribution in [3.05, 3.63) is 303 Å². The van der Waals surface area contributed by atoms with Crippen LogP contribution < -0.4 is 15.9 Å². The lowest BCUT2D eigenvalue weighted by Crippen LogP contribution is -2.46. The van der Waals surface area contributed by atoms with E-state index >= 15 is 0 Å². The van der Waals surface area contributed by atoms with Crippen LogP contribution in [0.15, 0.2) is 237 Å². The van der Waals surface area contributed by atoms with Gasteiger partial charge in [0.2, 0.25) is 0 Å². The van der Waals surface area contributed by atoms with Crippen molar-refractivity contribution in [3.8, 4) is 0 Å². The van der Waals surface area contributed by atoms with E-state index in [0.29, 0.717) is 33.4 Å². The number of nitrogens with zero attached hydrogens (tertiary/aromatic N) is 6. The number of quaternary nitrogens is 6. The van der Waals surface area contributed by atoms with E-state index in [1.54, 1.807) is 0 Å². The largest absolute Gasteiger partial charge is 0.345 e. The molecule has 6 amide bonds. The summed E-state index contributed by atoms with van der Waals surface area (Å²) in [6.45, 7) is 1.51. The molecule has 12 nitrogen and oxygen atoms in total. The van der Waals surface area contributed by atoms with Gasteiger partial charge in [-0.2, -0.15) is 0 Å². The minimum absolute atomic E-state index is 0.0496. The van der Waals surface area contributed by atoms with Gasteiger partial charge in [-0.15, -0.1) is 0 Å². The molecule has 470 valence electrons. The molecule has 0 N–H and O–H groups in total. The van der Waals surface area contributed by atoms with Gasteiger partial charge in [0.1, 0.15) is 39.3 Å². The van der Waals surface area contributed by atoms with Gasteiger partial charge in [0.15, 0.2) is 0 Å². The molecule has 0 bridgehead atoms. The van der Waals surface area contributed by atoms with E-state index in [1.807, 2.05) is 267 Å². The van der Waals surface area contributed by atoms with Crippen LogP contribution in [0.3, 0.4) is 0 Å². The van der Waals surface area contributed by atoms with Gasteiger partial charge in [0.25, 0.3) is 0 Å². The molecule has 14 heteroatoms. The number of carbonyl (C=O) groups excluding carboxylic acids is 6. The molecule has 0 radical (unpaired) electrons. The van der Waals surface area contributed by atoms with E-state index < -0.39 is 6.04 Å². The van der Waals surface area contributed by atoms with Gasteiger partial charge in [-0.05, 0) is 143 Å². The third kappa shape index (κ3) is 15.6. The number of benzene rings is 9. The van der Waals surface area contributed by atoms with Crippen molar-refractivity contribution in [2.24, 2.45) is 0 Å². The van der Waals surface area contributed by atoms with Crippen LogP contribution in [0.4, 0.5) is 0 Å². The Labute approximate surface area is 549 Å². The summed E-state index contributed by atoms with van der Waals surface area (Å²) in [7, 11) is 22.9. The number of hydrogen-bond donors (Lipinski definition) is 0. The quantitative estimate of drug-likeness (QED) is 0.0521. The summed E-state index contributed by atoms with van der Waals surface area (Å²) in [5.41, 5.74) is 8.30. The Morgan fingerprint density at radius 2 is 0.370 bits per heavy atom. The summed E-state index contributed by atoms with van der Waals surface area (Å²) in [5, 5.41) is 2.32. The Hall–Kier alpha value is -8.59. The molecule has 0 aliphatic rings. The molecular weight excluding hydrogens is 1180 g/mol. The van der Waals surface area contributed by atoms with Gasteiger partial charge in [-0.1, -0.05) is 121 Å². The average Bonchev–Trinajstić information content (AvgIpc) is 0.806. The van der Waals surface area contributed by atoms with Crippen LogP contribution in [0.1, 0.15) is 95.5 Å². The smallest absolute Gasteiger partial charge is 0.257 e. The highest BCUT2D eigenvalue weighted by molar-refractivity contribution is 8.25. The maximum absolute atomic E-state index is 14.7. The molecule has 9 aromatic rings. The minimum Gasteiger partial charge on any atom is -0.257 e. The summed E-state index contributed by atoms with van der Waals surface area (Å²) < 4.78 is -0.298. The summed E-state index contributed by atoms with van der Waals surface area (Å²) in [6.07, 6.45) is 0. The van der Waals surface area contributed by atoms with Crippen LogP contribution in [0, 0.1) is 0 Å². The van der Waals surface area contributed by atoms with Gasteiger partial charge in [0, 0.05) is 39.4 Å². The predicted molar refractivity (Wildman–Crippen MR) is 372 cm³/mol. The van der Waals surface area contributed by atoms with Crippen LogP contribution in [0.25, 0.3) is 0 Å². The lowest BCUT2D eigenvalue weighted by atomic mass is 10.1. The lowest BCUT2D eigenvalue weighted by Gasteiger charge is -2.33. The maximum atomic E-state index is 14.7. The fourth-order valence-corrected chi connectivity index (χ4v) is 16.4. The standard InChI is InChI=1S/C78H87N6O6PS/c1-79(2,73(85)64-31-19-13-20-32-64)52-58-43-59(53-80(3,4)74(86)65-33-21-14-22-34-65)47-70(46-58)91(92,71-48-60(54-81(5,6)75(87)66-35-23-15-24-36-66)44-61(49-71)55-82(7,8)76(88)67-37-25-16-26-38-67)72-50-62(56-83(9,10)77(89)68-39-27-17-28-40-68)45-63(51-72)57-84(11,12)78(90)69-41-29-18-30-42-69/h13-51H,52-57H2,1-12H3/q+6. The zero-order valence-corrected chi connectivity index (χ0v) is 57.0. The SMILES string of the molecule is C[N+](C)(Cc1cc(C[N+](C)(C)C(=O)c2ccccc2)cc(P(=S)(c2cc(C[N+](C)(C)C(=O)c3ccccc3)cc(C[N+](C)(C)C(=O)c3ccccc3)c2)c2cc(C[N+](C)(C)C(=O)c3ccccc3)cc(C[N+](C)(C)C(=O)c3ccccc3)c2)c1)C(=O)c1ccccc1. The molecule has 0 aromatic heterocycles. The van der Waals surface area contributed by atoms with Crippen LogP contribution >= 0.6 is 6.04 Å². The summed E-state index contributed by atoms with van der Waals surface area (Å²) in [6, 6.07) is 71.2. The van der Waals surface area contributed by atoms with E-state index in [1.165, 1.54) is 0 Å². The van der Waals surface area contributed by atoms with Crippen molar-refractivity contribution >= 4 is 69.2 Å². The van der Waals surface area contributed by atoms with Crippen LogP contribution in [0.2, 0.25) is 0 Å². The monoisotopic (exact) mass is 1270 g/mol. The normalized spacial score (nSPS) is 12.5. The molecule has 0 saturated carbocycles. The zero-order valence-electron chi connectivity index (χ0n) is 55.2. The molecule has 0 fully saturated rings. The second kappa shape index (κ2) is 27.3. The molecule has 0 saturated heterocycles. The molecule has 0 aliphatic carbocycles. The second-order valence-corrected chi connectivity index (χ2v) is 32.1. The van der Waals surface area contributed by atoms with E-state index in [0.717, 1.165) is 49.3 Å². The predicted octanol–water partition coefficient (Wildman–Crippen LogP) is 11.9. The van der Waals surface area contributed by atoms with E-state index in [-0.39, 0.29) is 102 Å². The van der Waals surface area contributed by atoms with Crippen molar-refractivity contribution in [1.82, 2.24) is 0 Å². The van der Waals surface area contributed by atoms with E-state index in [4.69, 9.17) is 11.8 Å². The van der Waals surface area contributed by atoms with Gasteiger partial charge in [0.05, 0.1) is 118 Å². The Bertz CT molecular complexity index is 3570. The van der Waals surface area contributed by atoms with Crippen molar-refractivity contribution in [1.29, 1.82) is 0 Å². The number of amides is 6. The average molecular weight is 1270 g/mol. The second-order valence-electron chi connectivity index (χ2n) is 27.7. The van der Waals surface area contributed by atoms with Crippen LogP contribution in [-0.2, 0) is 51.1 Å². The zero-order chi connectivity index (χ0) is 66.4. The first-order valence-electron chi connectivity index (χ1n) is 31.0. The highest BCUT2D eigenvalue weighted by Crippen LogP contribution is 2.46. The molecule has 0 spiro atoms. The summed E-state index contributed by atoms with van der Waals surface area (Å²) in [5.74, 6) is -0.527. The third-order valence-electron chi connectivity index (χ3n) is 17.1. The molecular formula is C78H87N6O6PS+6. The molecule has 0 atom stereocenters. The Balaban J connectivity index is 1.35. The molecule has 9 aromatic carbocycles.